The quantitative estimate of drug-likeness (QED) is 0.349. The number of allylic oxidation sites excluding steroid dienone is 2. The van der Waals surface area contributed by atoms with Gasteiger partial charge in [0, 0.05) is 6.54 Å². The number of carbonyl (C=O) groups excluding carboxylic acids is 3. The molecule has 1 aromatic rings. The van der Waals surface area contributed by atoms with Gasteiger partial charge in [-0.15, -0.1) is 0 Å². The van der Waals surface area contributed by atoms with Gasteiger partial charge in [0.05, 0.1) is 24.3 Å². The lowest BCUT2D eigenvalue weighted by Gasteiger charge is -2.25. The Labute approximate surface area is 154 Å². The molecule has 2 bridgehead atoms. The second kappa shape index (κ2) is 6.33. The van der Waals surface area contributed by atoms with Crippen LogP contribution in [0.3, 0.4) is 0 Å². The van der Waals surface area contributed by atoms with Crippen LogP contribution in [0.5, 0.6) is 0 Å². The normalized spacial score (nSPS) is 29.3. The molecule has 1 aromatic heterocycles. The number of nitrogens with zero attached hydrogens (tertiary/aromatic N) is 2. The Morgan fingerprint density at radius 1 is 1.30 bits per heavy atom. The molecule has 0 spiro atoms. The topological polar surface area (TPSA) is 123 Å². The first kappa shape index (κ1) is 17.4. The highest BCUT2D eigenvalue weighted by molar-refractivity contribution is 6.07. The minimum absolute atomic E-state index is 0.0394. The van der Waals surface area contributed by atoms with Gasteiger partial charge in [-0.3, -0.25) is 29.4 Å². The summed E-state index contributed by atoms with van der Waals surface area (Å²) in [7, 11) is 0. The van der Waals surface area contributed by atoms with Crippen LogP contribution in [-0.4, -0.2) is 34.1 Å². The van der Waals surface area contributed by atoms with Crippen molar-refractivity contribution in [2.24, 2.45) is 23.7 Å². The highest BCUT2D eigenvalue weighted by atomic mass is 16.6. The summed E-state index contributed by atoms with van der Waals surface area (Å²) in [5.41, 5.74) is 0. The van der Waals surface area contributed by atoms with Crippen LogP contribution in [0, 0.1) is 33.8 Å². The van der Waals surface area contributed by atoms with Gasteiger partial charge in [0.15, 0.2) is 0 Å². The van der Waals surface area contributed by atoms with Crippen molar-refractivity contribution in [3.8, 4) is 0 Å². The van der Waals surface area contributed by atoms with Gasteiger partial charge in [0.2, 0.25) is 17.7 Å². The molecule has 3 amide bonds. The molecule has 5 unspecified atom stereocenters. The molecular formula is C18H19N3O6. The second-order valence-corrected chi connectivity index (χ2v) is 7.15. The van der Waals surface area contributed by atoms with Crippen molar-refractivity contribution in [1.82, 2.24) is 10.2 Å². The molecule has 1 saturated heterocycles. The SMILES string of the molecule is CCNC(=O)CC(c1ccc([N+](=O)[O-])o1)N1C(=O)C2C3C=CC(C3)C2C1=O. The first-order valence-corrected chi connectivity index (χ1v) is 8.98. The number of carbonyl (C=O) groups is 3. The van der Waals surface area contributed by atoms with Crippen molar-refractivity contribution >= 4 is 23.6 Å². The van der Waals surface area contributed by atoms with E-state index in [1.54, 1.807) is 6.92 Å². The molecule has 1 saturated carbocycles. The third-order valence-corrected chi connectivity index (χ3v) is 5.69. The number of furan rings is 1. The number of rotatable bonds is 6. The summed E-state index contributed by atoms with van der Waals surface area (Å²) in [6.45, 7) is 2.15. The summed E-state index contributed by atoms with van der Waals surface area (Å²) in [6.07, 6.45) is 4.57. The van der Waals surface area contributed by atoms with Crippen molar-refractivity contribution in [3.05, 3.63) is 40.2 Å². The molecule has 0 aromatic carbocycles. The Morgan fingerprint density at radius 3 is 2.44 bits per heavy atom. The number of likely N-dealkylation sites (tertiary alicyclic amines) is 1. The van der Waals surface area contributed by atoms with Crippen LogP contribution in [0.1, 0.15) is 31.6 Å². The zero-order valence-corrected chi connectivity index (χ0v) is 14.7. The van der Waals surface area contributed by atoms with Crippen LogP contribution in [0.2, 0.25) is 0 Å². The molecule has 1 N–H and O–H groups in total. The van der Waals surface area contributed by atoms with E-state index in [1.807, 2.05) is 12.2 Å². The van der Waals surface area contributed by atoms with Crippen LogP contribution in [0.15, 0.2) is 28.7 Å². The van der Waals surface area contributed by atoms with Crippen molar-refractivity contribution in [3.63, 3.8) is 0 Å². The molecule has 9 heteroatoms. The predicted molar refractivity (Wildman–Crippen MR) is 91.0 cm³/mol. The molecule has 2 aliphatic carbocycles. The first-order valence-electron chi connectivity index (χ1n) is 8.98. The van der Waals surface area contributed by atoms with Crippen LogP contribution >= 0.6 is 0 Å². The number of nitrogens with one attached hydrogen (secondary N) is 1. The Balaban J connectivity index is 1.68. The van der Waals surface area contributed by atoms with Gasteiger partial charge < -0.3 is 9.73 Å². The maximum absolute atomic E-state index is 13.0. The Bertz CT molecular complexity index is 829. The standard InChI is InChI=1S/C18H19N3O6/c1-2-19-13(22)8-11(12-5-6-14(27-12)21(25)26)20-17(23)15-9-3-4-10(7-9)16(15)18(20)24/h3-6,9-11,15-16H,2,7-8H2,1H3,(H,19,22). The fourth-order valence-corrected chi connectivity index (χ4v) is 4.62. The second-order valence-electron chi connectivity index (χ2n) is 7.15. The number of imide groups is 1. The summed E-state index contributed by atoms with van der Waals surface area (Å²) >= 11 is 0. The monoisotopic (exact) mass is 373 g/mol. The Morgan fingerprint density at radius 2 is 1.93 bits per heavy atom. The molecule has 27 heavy (non-hydrogen) atoms. The lowest BCUT2D eigenvalue weighted by Crippen LogP contribution is -2.39. The molecule has 2 heterocycles. The molecule has 1 aliphatic heterocycles. The van der Waals surface area contributed by atoms with E-state index in [9.17, 15) is 24.5 Å². The Kier molecular flexibility index (Phi) is 4.09. The molecule has 5 atom stereocenters. The van der Waals surface area contributed by atoms with Crippen LogP contribution in [-0.2, 0) is 14.4 Å². The van der Waals surface area contributed by atoms with Crippen LogP contribution in [0.25, 0.3) is 0 Å². The minimum Gasteiger partial charge on any atom is -0.404 e. The fourth-order valence-electron chi connectivity index (χ4n) is 4.62. The number of nitro groups is 1. The largest absolute Gasteiger partial charge is 0.433 e. The number of hydrogen-bond donors (Lipinski definition) is 1. The van der Waals surface area contributed by atoms with E-state index >= 15 is 0 Å². The highest BCUT2D eigenvalue weighted by Crippen LogP contribution is 2.54. The van der Waals surface area contributed by atoms with Gasteiger partial charge in [-0.05, 0) is 31.2 Å². The van der Waals surface area contributed by atoms with Gasteiger partial charge in [0.1, 0.15) is 16.7 Å². The molecule has 0 radical (unpaired) electrons. The zero-order valence-electron chi connectivity index (χ0n) is 14.7. The van der Waals surface area contributed by atoms with Gasteiger partial charge >= 0.3 is 5.88 Å². The van der Waals surface area contributed by atoms with Gasteiger partial charge in [-0.1, -0.05) is 12.2 Å². The lowest BCUT2D eigenvalue weighted by atomic mass is 9.85. The van der Waals surface area contributed by atoms with E-state index in [4.69, 9.17) is 4.42 Å². The van der Waals surface area contributed by atoms with Gasteiger partial charge in [0.25, 0.3) is 0 Å². The number of hydrogen-bond acceptors (Lipinski definition) is 6. The fraction of sp³-hybridized carbons (Fsp3) is 0.500. The van der Waals surface area contributed by atoms with E-state index in [2.05, 4.69) is 5.32 Å². The summed E-state index contributed by atoms with van der Waals surface area (Å²) in [5, 5.41) is 13.6. The smallest absolute Gasteiger partial charge is 0.404 e. The van der Waals surface area contributed by atoms with E-state index in [0.29, 0.717) is 6.54 Å². The van der Waals surface area contributed by atoms with Crippen molar-refractivity contribution in [2.45, 2.75) is 25.8 Å². The minimum atomic E-state index is -0.991. The molecular weight excluding hydrogens is 354 g/mol. The molecule has 142 valence electrons. The molecule has 9 nitrogen and oxygen atoms in total. The van der Waals surface area contributed by atoms with Gasteiger partial charge in [-0.2, -0.15) is 0 Å². The first-order chi connectivity index (χ1) is 12.9. The lowest BCUT2D eigenvalue weighted by molar-refractivity contribution is -0.402. The molecule has 3 aliphatic rings. The van der Waals surface area contributed by atoms with E-state index < -0.39 is 28.7 Å². The number of amides is 3. The van der Waals surface area contributed by atoms with Crippen molar-refractivity contribution in [2.75, 3.05) is 6.54 Å². The Hall–Kier alpha value is -2.97. The van der Waals surface area contributed by atoms with E-state index in [1.165, 1.54) is 6.07 Å². The molecule has 2 fully saturated rings. The average molecular weight is 373 g/mol. The molecule has 4 rings (SSSR count). The third-order valence-electron chi connectivity index (χ3n) is 5.69. The summed E-state index contributed by atoms with van der Waals surface area (Å²) in [6, 6.07) is 1.52. The average Bonchev–Trinajstić information content (AvgIpc) is 3.37. The van der Waals surface area contributed by atoms with Crippen molar-refractivity contribution < 1.29 is 23.7 Å². The third kappa shape index (κ3) is 2.65. The van der Waals surface area contributed by atoms with E-state index in [0.717, 1.165) is 17.4 Å². The highest BCUT2D eigenvalue weighted by Gasteiger charge is 2.60. The van der Waals surface area contributed by atoms with Crippen LogP contribution < -0.4 is 5.32 Å². The maximum atomic E-state index is 13.0. The predicted octanol–water partition coefficient (Wildman–Crippen LogP) is 1.56. The van der Waals surface area contributed by atoms with E-state index in [-0.39, 0.29) is 41.7 Å². The summed E-state index contributed by atoms with van der Waals surface area (Å²) < 4.78 is 5.25. The number of fused-ring (bicyclic) bond motifs is 5. The summed E-state index contributed by atoms with van der Waals surface area (Å²) in [4.78, 5) is 49.6. The summed E-state index contributed by atoms with van der Waals surface area (Å²) in [5.74, 6) is -2.18. The van der Waals surface area contributed by atoms with Crippen LogP contribution in [0.4, 0.5) is 5.88 Å². The van der Waals surface area contributed by atoms with Gasteiger partial charge in [-0.25, -0.2) is 0 Å². The maximum Gasteiger partial charge on any atom is 0.433 e. The zero-order chi connectivity index (χ0) is 19.3. The van der Waals surface area contributed by atoms with Crippen molar-refractivity contribution in [1.29, 1.82) is 0 Å².